The Balaban J connectivity index is 2.03. The highest BCUT2D eigenvalue weighted by molar-refractivity contribution is 6.30. The second-order valence-electron chi connectivity index (χ2n) is 4.95. The molecule has 2 aromatic rings. The molecule has 2 N–H and O–H groups in total. The highest BCUT2D eigenvalue weighted by Gasteiger charge is 2.12. The van der Waals surface area contributed by atoms with Gasteiger partial charge in [0.1, 0.15) is 11.6 Å². The standard InChI is InChI=1S/C17H18ClFN2O2/c1-3-23-16-10-14(19)8-9-15(16)21-17(22)20-11(2)12-4-6-13(18)7-5-12/h4-11H,3H2,1-2H3,(H2,20,21,22). The van der Waals surface area contributed by atoms with E-state index in [0.717, 1.165) is 5.56 Å². The van der Waals surface area contributed by atoms with Crippen molar-refractivity contribution in [3.05, 3.63) is 58.9 Å². The van der Waals surface area contributed by atoms with Crippen molar-refractivity contribution in [2.45, 2.75) is 19.9 Å². The summed E-state index contributed by atoms with van der Waals surface area (Å²) in [6, 6.07) is 10.6. The Kier molecular flexibility index (Phi) is 5.82. The van der Waals surface area contributed by atoms with E-state index in [9.17, 15) is 9.18 Å². The Morgan fingerprint density at radius 2 is 1.96 bits per heavy atom. The first kappa shape index (κ1) is 17.1. The first-order valence-electron chi connectivity index (χ1n) is 7.25. The maximum atomic E-state index is 13.3. The molecule has 0 aromatic heterocycles. The van der Waals surface area contributed by atoms with Crippen molar-refractivity contribution in [3.8, 4) is 5.75 Å². The summed E-state index contributed by atoms with van der Waals surface area (Å²) in [6.07, 6.45) is 0. The van der Waals surface area contributed by atoms with Crippen molar-refractivity contribution in [1.29, 1.82) is 0 Å². The van der Waals surface area contributed by atoms with Crippen LogP contribution in [0.5, 0.6) is 5.75 Å². The largest absolute Gasteiger partial charge is 0.492 e. The maximum Gasteiger partial charge on any atom is 0.319 e. The maximum absolute atomic E-state index is 13.3. The molecule has 0 saturated carbocycles. The predicted octanol–water partition coefficient (Wildman–Crippen LogP) is 4.76. The zero-order chi connectivity index (χ0) is 16.8. The van der Waals surface area contributed by atoms with Crippen LogP contribution < -0.4 is 15.4 Å². The number of amides is 2. The topological polar surface area (TPSA) is 50.4 Å². The molecule has 122 valence electrons. The monoisotopic (exact) mass is 336 g/mol. The van der Waals surface area contributed by atoms with Crippen molar-refractivity contribution in [1.82, 2.24) is 5.32 Å². The minimum absolute atomic E-state index is 0.205. The molecule has 4 nitrogen and oxygen atoms in total. The lowest BCUT2D eigenvalue weighted by molar-refractivity contribution is 0.249. The lowest BCUT2D eigenvalue weighted by Gasteiger charge is -2.16. The fraction of sp³-hybridized carbons (Fsp3) is 0.235. The molecule has 0 saturated heterocycles. The van der Waals surface area contributed by atoms with Crippen LogP contribution in [0.4, 0.5) is 14.9 Å². The summed E-state index contributed by atoms with van der Waals surface area (Å²) in [5.41, 5.74) is 1.34. The van der Waals surface area contributed by atoms with E-state index < -0.39 is 11.8 Å². The van der Waals surface area contributed by atoms with Crippen LogP contribution in [-0.4, -0.2) is 12.6 Å². The molecule has 23 heavy (non-hydrogen) atoms. The molecule has 0 heterocycles. The number of nitrogens with one attached hydrogen (secondary N) is 2. The molecule has 0 aliphatic carbocycles. The van der Waals surface area contributed by atoms with E-state index in [2.05, 4.69) is 10.6 Å². The van der Waals surface area contributed by atoms with E-state index in [1.807, 2.05) is 19.1 Å². The number of anilines is 1. The van der Waals surface area contributed by atoms with Crippen LogP contribution in [0.2, 0.25) is 5.02 Å². The molecular weight excluding hydrogens is 319 g/mol. The number of benzene rings is 2. The van der Waals surface area contributed by atoms with E-state index in [4.69, 9.17) is 16.3 Å². The lowest BCUT2D eigenvalue weighted by atomic mass is 10.1. The summed E-state index contributed by atoms with van der Waals surface area (Å²) in [4.78, 5) is 12.1. The number of carbonyl (C=O) groups excluding carboxylic acids is 1. The van der Waals surface area contributed by atoms with Gasteiger partial charge in [0, 0.05) is 11.1 Å². The van der Waals surface area contributed by atoms with E-state index in [-0.39, 0.29) is 6.04 Å². The first-order valence-corrected chi connectivity index (χ1v) is 7.62. The van der Waals surface area contributed by atoms with Gasteiger partial charge >= 0.3 is 6.03 Å². The summed E-state index contributed by atoms with van der Waals surface area (Å²) < 4.78 is 18.6. The van der Waals surface area contributed by atoms with Gasteiger partial charge in [-0.05, 0) is 43.7 Å². The Labute approximate surface area is 139 Å². The SMILES string of the molecule is CCOc1cc(F)ccc1NC(=O)NC(C)c1ccc(Cl)cc1. The zero-order valence-corrected chi connectivity index (χ0v) is 13.7. The van der Waals surface area contributed by atoms with Crippen LogP contribution >= 0.6 is 11.6 Å². The van der Waals surface area contributed by atoms with Gasteiger partial charge in [0.15, 0.2) is 0 Å². The second-order valence-corrected chi connectivity index (χ2v) is 5.38. The molecule has 1 unspecified atom stereocenters. The molecule has 0 fully saturated rings. The molecule has 2 amide bonds. The quantitative estimate of drug-likeness (QED) is 0.827. The summed E-state index contributed by atoms with van der Waals surface area (Å²) in [6.45, 7) is 4.02. The summed E-state index contributed by atoms with van der Waals surface area (Å²) in [7, 11) is 0. The van der Waals surface area contributed by atoms with E-state index >= 15 is 0 Å². The van der Waals surface area contributed by atoms with Gasteiger partial charge in [-0.25, -0.2) is 9.18 Å². The Hall–Kier alpha value is -2.27. The fourth-order valence-electron chi connectivity index (χ4n) is 2.06. The van der Waals surface area contributed by atoms with Gasteiger partial charge in [0.25, 0.3) is 0 Å². The van der Waals surface area contributed by atoms with Crippen LogP contribution in [0.15, 0.2) is 42.5 Å². The van der Waals surface area contributed by atoms with Crippen LogP contribution in [0, 0.1) is 5.82 Å². The van der Waals surface area contributed by atoms with Gasteiger partial charge in [-0.2, -0.15) is 0 Å². The molecule has 6 heteroatoms. The van der Waals surface area contributed by atoms with E-state index in [1.165, 1.54) is 18.2 Å². The van der Waals surface area contributed by atoms with Crippen LogP contribution in [0.25, 0.3) is 0 Å². The van der Waals surface area contributed by atoms with Crippen molar-refractivity contribution < 1.29 is 13.9 Å². The summed E-state index contributed by atoms with van der Waals surface area (Å²) >= 11 is 5.85. The van der Waals surface area contributed by atoms with Crippen molar-refractivity contribution >= 4 is 23.3 Å². The number of ether oxygens (including phenoxy) is 1. The summed E-state index contributed by atoms with van der Waals surface area (Å²) in [5.74, 6) is -0.129. The second kappa shape index (κ2) is 7.83. The van der Waals surface area contributed by atoms with E-state index in [1.54, 1.807) is 19.1 Å². The minimum Gasteiger partial charge on any atom is -0.492 e. The number of hydrogen-bond donors (Lipinski definition) is 2. The molecule has 0 radical (unpaired) electrons. The number of rotatable bonds is 5. The third-order valence-corrected chi connectivity index (χ3v) is 3.46. The highest BCUT2D eigenvalue weighted by atomic mass is 35.5. The lowest BCUT2D eigenvalue weighted by Crippen LogP contribution is -2.31. The van der Waals surface area contributed by atoms with Crippen LogP contribution in [0.1, 0.15) is 25.5 Å². The normalized spacial score (nSPS) is 11.7. The number of hydrogen-bond acceptors (Lipinski definition) is 2. The Morgan fingerprint density at radius 3 is 2.61 bits per heavy atom. The zero-order valence-electron chi connectivity index (χ0n) is 12.9. The van der Waals surface area contributed by atoms with Crippen molar-refractivity contribution in [2.75, 3.05) is 11.9 Å². The number of urea groups is 1. The average molecular weight is 337 g/mol. The van der Waals surface area contributed by atoms with Crippen LogP contribution in [-0.2, 0) is 0 Å². The minimum atomic E-state index is -0.422. The molecule has 2 rings (SSSR count). The molecule has 0 aliphatic rings. The Bertz CT molecular complexity index is 677. The van der Waals surface area contributed by atoms with Gasteiger partial charge in [0.05, 0.1) is 18.3 Å². The third kappa shape index (κ3) is 4.86. The number of carbonyl (C=O) groups is 1. The molecule has 1 atom stereocenters. The fourth-order valence-corrected chi connectivity index (χ4v) is 2.19. The molecule has 2 aromatic carbocycles. The van der Waals surface area contributed by atoms with Crippen LogP contribution in [0.3, 0.4) is 0 Å². The van der Waals surface area contributed by atoms with Gasteiger partial charge in [-0.3, -0.25) is 0 Å². The third-order valence-electron chi connectivity index (χ3n) is 3.21. The highest BCUT2D eigenvalue weighted by Crippen LogP contribution is 2.25. The van der Waals surface area contributed by atoms with Crippen molar-refractivity contribution in [3.63, 3.8) is 0 Å². The average Bonchev–Trinajstić information content (AvgIpc) is 2.51. The smallest absolute Gasteiger partial charge is 0.319 e. The van der Waals surface area contributed by atoms with Gasteiger partial charge in [0.2, 0.25) is 0 Å². The molecule has 0 aliphatic heterocycles. The van der Waals surface area contributed by atoms with Crippen molar-refractivity contribution in [2.24, 2.45) is 0 Å². The summed E-state index contributed by atoms with van der Waals surface area (Å²) in [5, 5.41) is 6.11. The molecule has 0 bridgehead atoms. The predicted molar refractivity (Wildman–Crippen MR) is 89.6 cm³/mol. The molecule has 0 spiro atoms. The first-order chi connectivity index (χ1) is 11.0. The Morgan fingerprint density at radius 1 is 1.26 bits per heavy atom. The molecular formula is C17H18ClFN2O2. The van der Waals surface area contributed by atoms with Gasteiger partial charge < -0.3 is 15.4 Å². The number of halogens is 2. The van der Waals surface area contributed by atoms with E-state index in [0.29, 0.717) is 23.1 Å². The van der Waals surface area contributed by atoms with Gasteiger partial charge in [-0.15, -0.1) is 0 Å². The van der Waals surface area contributed by atoms with Gasteiger partial charge in [-0.1, -0.05) is 23.7 Å².